The summed E-state index contributed by atoms with van der Waals surface area (Å²) in [7, 11) is 0. The second kappa shape index (κ2) is 3.66. The third-order valence-corrected chi connectivity index (χ3v) is 3.09. The summed E-state index contributed by atoms with van der Waals surface area (Å²) in [5.74, 6) is 0.470. The van der Waals surface area contributed by atoms with Crippen molar-refractivity contribution in [2.75, 3.05) is 0 Å². The molecule has 1 saturated carbocycles. The molecule has 0 atom stereocenters. The molecule has 3 nitrogen and oxygen atoms in total. The number of hydrogen-bond acceptors (Lipinski definition) is 2. The van der Waals surface area contributed by atoms with Crippen LogP contribution in [-0.4, -0.2) is 14.8 Å². The summed E-state index contributed by atoms with van der Waals surface area (Å²) in [5.41, 5.74) is 0.760. The van der Waals surface area contributed by atoms with E-state index in [0.29, 0.717) is 10.5 Å². The minimum atomic E-state index is -0.269. The molecule has 82 valence electrons. The zero-order valence-corrected chi connectivity index (χ0v) is 9.98. The summed E-state index contributed by atoms with van der Waals surface area (Å²) in [6.07, 6.45) is 4.02. The summed E-state index contributed by atoms with van der Waals surface area (Å²) in [6.45, 7) is 0. The molecule has 0 spiro atoms. The molecule has 1 aliphatic rings. The maximum Gasteiger partial charge on any atom is 0.164 e. The fraction of sp³-hybridized carbons (Fsp3) is 0.273. The Morgan fingerprint density at radius 3 is 2.81 bits per heavy atom. The highest BCUT2D eigenvalue weighted by molar-refractivity contribution is 9.10. The van der Waals surface area contributed by atoms with Gasteiger partial charge < -0.3 is 4.57 Å². The van der Waals surface area contributed by atoms with Gasteiger partial charge in [0.25, 0.3) is 0 Å². The van der Waals surface area contributed by atoms with E-state index in [0.717, 1.165) is 24.2 Å². The van der Waals surface area contributed by atoms with Crippen molar-refractivity contribution in [2.45, 2.75) is 18.9 Å². The highest BCUT2D eigenvalue weighted by Gasteiger charge is 2.26. The van der Waals surface area contributed by atoms with Crippen LogP contribution in [0.3, 0.4) is 0 Å². The van der Waals surface area contributed by atoms with E-state index in [1.54, 1.807) is 6.33 Å². The van der Waals surface area contributed by atoms with Crippen LogP contribution in [0.1, 0.15) is 18.9 Å². The third-order valence-electron chi connectivity index (χ3n) is 2.63. The van der Waals surface area contributed by atoms with Crippen LogP contribution in [0, 0.1) is 5.82 Å². The normalized spacial score (nSPS) is 15.4. The Labute approximate surface area is 100 Å². The number of benzene rings is 1. The molecule has 0 unspecified atom stereocenters. The van der Waals surface area contributed by atoms with Crippen LogP contribution < -0.4 is 0 Å². The molecule has 1 aromatic heterocycles. The van der Waals surface area contributed by atoms with Crippen LogP contribution in [0.4, 0.5) is 4.39 Å². The SMILES string of the molecule is Fc1cc(Br)cc(-c2nncn2C2CC2)c1. The number of rotatable bonds is 2. The van der Waals surface area contributed by atoms with Crippen molar-refractivity contribution in [2.24, 2.45) is 0 Å². The van der Waals surface area contributed by atoms with Crippen LogP contribution in [0.2, 0.25) is 0 Å². The fourth-order valence-electron chi connectivity index (χ4n) is 1.75. The number of halogens is 2. The van der Waals surface area contributed by atoms with Gasteiger partial charge in [-0.3, -0.25) is 0 Å². The molecule has 3 rings (SSSR count). The quantitative estimate of drug-likeness (QED) is 0.847. The lowest BCUT2D eigenvalue weighted by Gasteiger charge is -2.05. The molecule has 1 aliphatic carbocycles. The molecule has 0 radical (unpaired) electrons. The monoisotopic (exact) mass is 281 g/mol. The molecule has 0 amide bonds. The molecule has 1 heterocycles. The molecule has 0 saturated heterocycles. The highest BCUT2D eigenvalue weighted by atomic mass is 79.9. The van der Waals surface area contributed by atoms with E-state index in [1.165, 1.54) is 12.1 Å². The van der Waals surface area contributed by atoms with E-state index < -0.39 is 0 Å². The Morgan fingerprint density at radius 1 is 1.31 bits per heavy atom. The highest BCUT2D eigenvalue weighted by Crippen LogP contribution is 2.37. The van der Waals surface area contributed by atoms with Gasteiger partial charge in [-0.15, -0.1) is 10.2 Å². The molecule has 0 N–H and O–H groups in total. The van der Waals surface area contributed by atoms with Crippen LogP contribution in [0.25, 0.3) is 11.4 Å². The molecule has 1 fully saturated rings. The van der Waals surface area contributed by atoms with E-state index >= 15 is 0 Å². The Kier molecular flexibility index (Phi) is 2.28. The van der Waals surface area contributed by atoms with Gasteiger partial charge in [-0.05, 0) is 31.0 Å². The molecule has 5 heteroatoms. The molecule has 0 aliphatic heterocycles. The van der Waals surface area contributed by atoms with Crippen LogP contribution in [0.15, 0.2) is 29.0 Å². The predicted octanol–water partition coefficient (Wildman–Crippen LogP) is 3.18. The van der Waals surface area contributed by atoms with E-state index in [2.05, 4.69) is 26.1 Å². The first-order valence-corrected chi connectivity index (χ1v) is 5.89. The van der Waals surface area contributed by atoms with Crippen LogP contribution in [0.5, 0.6) is 0 Å². The molecule has 16 heavy (non-hydrogen) atoms. The Morgan fingerprint density at radius 2 is 2.12 bits per heavy atom. The van der Waals surface area contributed by atoms with Gasteiger partial charge in [0.2, 0.25) is 0 Å². The first kappa shape index (κ1) is 9.96. The Balaban J connectivity index is 2.10. The smallest absolute Gasteiger partial charge is 0.164 e. The van der Waals surface area contributed by atoms with Crippen LogP contribution in [-0.2, 0) is 0 Å². The molecular formula is C11H9BrFN3. The second-order valence-electron chi connectivity index (χ2n) is 3.95. The fourth-order valence-corrected chi connectivity index (χ4v) is 2.22. The van der Waals surface area contributed by atoms with Crippen molar-refractivity contribution in [3.63, 3.8) is 0 Å². The number of hydrogen-bond donors (Lipinski definition) is 0. The lowest BCUT2D eigenvalue weighted by atomic mass is 10.2. The van der Waals surface area contributed by atoms with Gasteiger partial charge in [-0.2, -0.15) is 0 Å². The summed E-state index contributed by atoms with van der Waals surface area (Å²) in [4.78, 5) is 0. The maximum absolute atomic E-state index is 13.3. The van der Waals surface area contributed by atoms with Crippen molar-refractivity contribution < 1.29 is 4.39 Å². The zero-order chi connectivity index (χ0) is 11.1. The minimum absolute atomic E-state index is 0.269. The van der Waals surface area contributed by atoms with Gasteiger partial charge in [0.15, 0.2) is 5.82 Å². The van der Waals surface area contributed by atoms with E-state index in [4.69, 9.17) is 0 Å². The van der Waals surface area contributed by atoms with Crippen molar-refractivity contribution in [1.29, 1.82) is 0 Å². The minimum Gasteiger partial charge on any atom is -0.310 e. The van der Waals surface area contributed by atoms with Gasteiger partial charge in [-0.25, -0.2) is 4.39 Å². The predicted molar refractivity (Wildman–Crippen MR) is 61.4 cm³/mol. The summed E-state index contributed by atoms with van der Waals surface area (Å²) < 4.78 is 16.0. The van der Waals surface area contributed by atoms with Gasteiger partial charge >= 0.3 is 0 Å². The first-order valence-electron chi connectivity index (χ1n) is 5.10. The van der Waals surface area contributed by atoms with Gasteiger partial charge in [0.1, 0.15) is 12.1 Å². The van der Waals surface area contributed by atoms with Gasteiger partial charge in [0.05, 0.1) is 0 Å². The van der Waals surface area contributed by atoms with Crippen molar-refractivity contribution in [1.82, 2.24) is 14.8 Å². The second-order valence-corrected chi connectivity index (χ2v) is 4.87. The Hall–Kier alpha value is -1.23. The number of aromatic nitrogens is 3. The molecule has 0 bridgehead atoms. The molecular weight excluding hydrogens is 273 g/mol. The van der Waals surface area contributed by atoms with E-state index in [9.17, 15) is 4.39 Å². The summed E-state index contributed by atoms with van der Waals surface area (Å²) in [6, 6.07) is 5.26. The largest absolute Gasteiger partial charge is 0.310 e. The lowest BCUT2D eigenvalue weighted by Crippen LogP contribution is -1.96. The third kappa shape index (κ3) is 1.75. The maximum atomic E-state index is 13.3. The van der Waals surface area contributed by atoms with Crippen molar-refractivity contribution in [3.8, 4) is 11.4 Å². The van der Waals surface area contributed by atoms with Gasteiger partial charge in [0, 0.05) is 16.1 Å². The van der Waals surface area contributed by atoms with Crippen LogP contribution >= 0.6 is 15.9 Å². The van der Waals surface area contributed by atoms with Gasteiger partial charge in [-0.1, -0.05) is 15.9 Å². The summed E-state index contributed by atoms with van der Waals surface area (Å²) >= 11 is 3.28. The number of nitrogens with zero attached hydrogens (tertiary/aromatic N) is 3. The average molecular weight is 282 g/mol. The lowest BCUT2D eigenvalue weighted by molar-refractivity contribution is 0.627. The van der Waals surface area contributed by atoms with E-state index in [1.807, 2.05) is 10.6 Å². The molecule has 1 aromatic carbocycles. The van der Waals surface area contributed by atoms with Crippen molar-refractivity contribution in [3.05, 3.63) is 34.8 Å². The summed E-state index contributed by atoms with van der Waals surface area (Å²) in [5, 5.41) is 7.95. The van der Waals surface area contributed by atoms with E-state index in [-0.39, 0.29) is 5.82 Å². The Bertz CT molecular complexity index is 514. The van der Waals surface area contributed by atoms with Crippen molar-refractivity contribution >= 4 is 15.9 Å². The topological polar surface area (TPSA) is 30.7 Å². The zero-order valence-electron chi connectivity index (χ0n) is 8.40. The first-order chi connectivity index (χ1) is 7.74. The standard InChI is InChI=1S/C11H9BrFN3/c12-8-3-7(4-9(13)5-8)11-15-14-6-16(11)10-1-2-10/h3-6,10H,1-2H2. The molecule has 2 aromatic rings. The average Bonchev–Trinajstić information content (AvgIpc) is 2.94.